The molecule has 0 aliphatic carbocycles. The van der Waals surface area contributed by atoms with E-state index in [1.165, 1.54) is 63.1 Å². The highest BCUT2D eigenvalue weighted by Gasteiger charge is 2.26. The van der Waals surface area contributed by atoms with Gasteiger partial charge in [-0.05, 0) is 31.7 Å². The third-order valence-corrected chi connectivity index (χ3v) is 8.71. The minimum absolute atomic E-state index is 0.316. The Morgan fingerprint density at radius 3 is 1.80 bits per heavy atom. The Labute approximate surface area is 160 Å². The second-order valence-electron chi connectivity index (χ2n) is 6.99. The van der Waals surface area contributed by atoms with E-state index in [0.717, 1.165) is 24.8 Å². The van der Waals surface area contributed by atoms with Crippen molar-refractivity contribution in [2.24, 2.45) is 0 Å². The maximum Gasteiger partial charge on any atom is 0.190 e. The van der Waals surface area contributed by atoms with Crippen molar-refractivity contribution in [1.82, 2.24) is 0 Å². The zero-order valence-electron chi connectivity index (χ0n) is 16.3. The lowest BCUT2D eigenvalue weighted by atomic mass is 10.1. The first kappa shape index (κ1) is 22.6. The fourth-order valence-corrected chi connectivity index (χ4v) is 6.12. The molecular weight excluding hydrogens is 348 g/mol. The first-order chi connectivity index (χ1) is 12.0. The quantitative estimate of drug-likeness (QED) is 0.332. The summed E-state index contributed by atoms with van der Waals surface area (Å²) in [6.45, 7) is 4.23. The van der Waals surface area contributed by atoms with Crippen molar-refractivity contribution in [2.45, 2.75) is 94.0 Å². The van der Waals surface area contributed by atoms with Gasteiger partial charge in [0.25, 0.3) is 0 Å². The van der Waals surface area contributed by atoms with E-state index in [-0.39, 0.29) is 4.58 Å². The highest BCUT2D eigenvalue weighted by Crippen LogP contribution is 2.27. The van der Waals surface area contributed by atoms with Crippen molar-refractivity contribution in [1.29, 1.82) is 0 Å². The molecule has 0 aromatic heterocycles. The van der Waals surface area contributed by atoms with Crippen LogP contribution in [0.5, 0.6) is 0 Å². The van der Waals surface area contributed by atoms with Gasteiger partial charge in [-0.25, -0.2) is 8.42 Å². The molecule has 0 radical (unpaired) electrons. The molecule has 1 rings (SSSR count). The molecule has 0 saturated heterocycles. The van der Waals surface area contributed by atoms with Gasteiger partial charge >= 0.3 is 0 Å². The zero-order valence-corrected chi connectivity index (χ0v) is 17.9. The lowest BCUT2D eigenvalue weighted by Crippen LogP contribution is -2.17. The molecule has 0 aliphatic heterocycles. The summed E-state index contributed by atoms with van der Waals surface area (Å²) in [6, 6.07) is 7.24. The molecule has 144 valence electrons. The first-order valence-electron chi connectivity index (χ1n) is 9.85. The summed E-state index contributed by atoms with van der Waals surface area (Å²) < 4.78 is 25.2. The second-order valence-corrected chi connectivity index (χ2v) is 10.5. The van der Waals surface area contributed by atoms with E-state index < -0.39 is 9.84 Å². The summed E-state index contributed by atoms with van der Waals surface area (Å²) >= 11 is 1.47. The Kier molecular flexibility index (Phi) is 11.6. The Balaban J connectivity index is 2.26. The number of benzene rings is 1. The van der Waals surface area contributed by atoms with Gasteiger partial charge in [-0.1, -0.05) is 88.8 Å². The van der Waals surface area contributed by atoms with Crippen molar-refractivity contribution in [3.63, 3.8) is 0 Å². The predicted octanol–water partition coefficient (Wildman–Crippen LogP) is 6.77. The molecular formula is C21H36O2S2. The van der Waals surface area contributed by atoms with Crippen LogP contribution in [0.2, 0.25) is 0 Å². The van der Waals surface area contributed by atoms with Crippen LogP contribution in [0.4, 0.5) is 0 Å². The van der Waals surface area contributed by atoms with E-state index in [0.29, 0.717) is 4.90 Å². The Hall–Kier alpha value is -0.480. The average molecular weight is 385 g/mol. The summed E-state index contributed by atoms with van der Waals surface area (Å²) in [5, 5.41) is 0. The van der Waals surface area contributed by atoms with Gasteiger partial charge < -0.3 is 0 Å². The molecule has 1 unspecified atom stereocenters. The molecule has 25 heavy (non-hydrogen) atoms. The van der Waals surface area contributed by atoms with E-state index in [1.807, 2.05) is 25.3 Å². The smallest absolute Gasteiger partial charge is 0.190 e. The third kappa shape index (κ3) is 8.63. The molecule has 0 amide bonds. The fraction of sp³-hybridized carbons (Fsp3) is 0.714. The third-order valence-electron chi connectivity index (χ3n) is 4.75. The van der Waals surface area contributed by atoms with Gasteiger partial charge in [0.05, 0.1) is 4.90 Å². The molecule has 0 spiro atoms. The van der Waals surface area contributed by atoms with Crippen molar-refractivity contribution in [3.05, 3.63) is 29.8 Å². The molecule has 0 bridgehead atoms. The molecule has 0 saturated carbocycles. The number of hydrogen-bond acceptors (Lipinski definition) is 3. The molecule has 0 heterocycles. The molecule has 0 aliphatic rings. The van der Waals surface area contributed by atoms with E-state index in [1.54, 1.807) is 12.1 Å². The maximum absolute atomic E-state index is 12.7. The van der Waals surface area contributed by atoms with E-state index in [2.05, 4.69) is 6.92 Å². The molecule has 2 nitrogen and oxygen atoms in total. The first-order valence-corrected chi connectivity index (χ1v) is 12.7. The van der Waals surface area contributed by atoms with Crippen LogP contribution in [-0.2, 0) is 9.84 Å². The van der Waals surface area contributed by atoms with Crippen LogP contribution in [0.3, 0.4) is 0 Å². The standard InChI is InChI=1S/C21H36O2S2/c1-4-5-6-7-8-9-10-11-12-13-14-21(24-3)25(22,23)20-17-15-19(2)16-18-20/h15-18,21H,4-14H2,1-3H3. The van der Waals surface area contributed by atoms with E-state index in [9.17, 15) is 8.42 Å². The predicted molar refractivity (Wildman–Crippen MR) is 112 cm³/mol. The zero-order chi connectivity index (χ0) is 18.5. The molecule has 4 heteroatoms. The molecule has 0 N–H and O–H groups in total. The minimum Gasteiger partial charge on any atom is -0.223 e. The van der Waals surface area contributed by atoms with Crippen molar-refractivity contribution >= 4 is 21.6 Å². The molecule has 0 fully saturated rings. The van der Waals surface area contributed by atoms with Crippen LogP contribution in [-0.4, -0.2) is 19.3 Å². The topological polar surface area (TPSA) is 34.1 Å². The number of hydrogen-bond donors (Lipinski definition) is 0. The number of aryl methyl sites for hydroxylation is 1. The SMILES string of the molecule is CCCCCCCCCCCCC(SC)S(=O)(=O)c1ccc(C)cc1. The van der Waals surface area contributed by atoms with Gasteiger partial charge in [0.2, 0.25) is 0 Å². The highest BCUT2D eigenvalue weighted by molar-refractivity contribution is 8.13. The van der Waals surface area contributed by atoms with Gasteiger partial charge in [0.1, 0.15) is 4.58 Å². The summed E-state index contributed by atoms with van der Waals surface area (Å²) in [5.41, 5.74) is 1.09. The second kappa shape index (κ2) is 12.8. The average Bonchev–Trinajstić information content (AvgIpc) is 2.60. The largest absolute Gasteiger partial charge is 0.223 e. The normalized spacial score (nSPS) is 13.1. The van der Waals surface area contributed by atoms with Crippen LogP contribution in [0.15, 0.2) is 29.2 Å². The summed E-state index contributed by atoms with van der Waals surface area (Å²) in [5.74, 6) is 0. The van der Waals surface area contributed by atoms with Gasteiger partial charge in [0, 0.05) is 0 Å². The van der Waals surface area contributed by atoms with Crippen LogP contribution < -0.4 is 0 Å². The van der Waals surface area contributed by atoms with Crippen LogP contribution in [0.1, 0.15) is 83.1 Å². The van der Waals surface area contributed by atoms with Crippen LogP contribution >= 0.6 is 11.8 Å². The van der Waals surface area contributed by atoms with E-state index in [4.69, 9.17) is 0 Å². The summed E-state index contributed by atoms with van der Waals surface area (Å²) in [6.07, 6.45) is 15.5. The summed E-state index contributed by atoms with van der Waals surface area (Å²) in [7, 11) is -3.22. The van der Waals surface area contributed by atoms with Crippen LogP contribution in [0.25, 0.3) is 0 Å². The molecule has 1 atom stereocenters. The van der Waals surface area contributed by atoms with Gasteiger partial charge in [-0.3, -0.25) is 0 Å². The fourth-order valence-electron chi connectivity index (χ4n) is 3.08. The van der Waals surface area contributed by atoms with Crippen molar-refractivity contribution in [2.75, 3.05) is 6.26 Å². The van der Waals surface area contributed by atoms with Gasteiger partial charge in [0.15, 0.2) is 9.84 Å². The number of thioether (sulfide) groups is 1. The number of sulfone groups is 1. The Morgan fingerprint density at radius 2 is 1.32 bits per heavy atom. The van der Waals surface area contributed by atoms with E-state index >= 15 is 0 Å². The molecule has 1 aromatic carbocycles. The van der Waals surface area contributed by atoms with Crippen molar-refractivity contribution < 1.29 is 8.42 Å². The lowest BCUT2D eigenvalue weighted by molar-refractivity contribution is 0.549. The number of rotatable bonds is 14. The van der Waals surface area contributed by atoms with Crippen LogP contribution in [0, 0.1) is 6.92 Å². The van der Waals surface area contributed by atoms with Gasteiger partial charge in [-0.15, -0.1) is 11.8 Å². The van der Waals surface area contributed by atoms with Gasteiger partial charge in [-0.2, -0.15) is 0 Å². The summed E-state index contributed by atoms with van der Waals surface area (Å²) in [4.78, 5) is 0.463. The number of unbranched alkanes of at least 4 members (excludes halogenated alkanes) is 9. The molecule has 1 aromatic rings. The van der Waals surface area contributed by atoms with Crippen molar-refractivity contribution in [3.8, 4) is 0 Å². The lowest BCUT2D eigenvalue weighted by Gasteiger charge is -2.15. The monoisotopic (exact) mass is 384 g/mol. The highest BCUT2D eigenvalue weighted by atomic mass is 32.3. The maximum atomic E-state index is 12.7. The minimum atomic E-state index is -3.22. The Bertz CT molecular complexity index is 550. The Morgan fingerprint density at radius 1 is 0.840 bits per heavy atom.